The maximum absolute atomic E-state index is 12.6. The zero-order valence-electron chi connectivity index (χ0n) is 14.9. The molecule has 3 rings (SSSR count). The zero-order chi connectivity index (χ0) is 18.8. The van der Waals surface area contributed by atoms with Gasteiger partial charge in [-0.1, -0.05) is 35.5 Å². The minimum absolute atomic E-state index is 0.0251. The predicted molar refractivity (Wildman–Crippen MR) is 97.8 cm³/mol. The van der Waals surface area contributed by atoms with E-state index in [-0.39, 0.29) is 18.2 Å². The summed E-state index contributed by atoms with van der Waals surface area (Å²) in [6, 6.07) is 11.4. The van der Waals surface area contributed by atoms with E-state index in [0.29, 0.717) is 30.8 Å². The van der Waals surface area contributed by atoms with Crippen molar-refractivity contribution in [2.45, 2.75) is 19.8 Å². The first-order valence-electron chi connectivity index (χ1n) is 8.61. The first-order chi connectivity index (χ1) is 12.4. The molecule has 1 atom stereocenters. The van der Waals surface area contributed by atoms with E-state index in [1.807, 2.05) is 36.4 Å². The molecule has 1 amide bonds. The molecule has 0 spiro atoms. The van der Waals surface area contributed by atoms with Gasteiger partial charge < -0.3 is 9.84 Å². The van der Waals surface area contributed by atoms with Gasteiger partial charge in [-0.15, -0.1) is 0 Å². The van der Waals surface area contributed by atoms with Gasteiger partial charge in [-0.2, -0.15) is 0 Å². The molecule has 1 aromatic heterocycles. The Kier molecular flexibility index (Phi) is 5.15. The van der Waals surface area contributed by atoms with Gasteiger partial charge in [0.15, 0.2) is 0 Å². The van der Waals surface area contributed by atoms with Crippen molar-refractivity contribution in [3.8, 4) is 11.3 Å². The number of rotatable bonds is 6. The Labute approximate surface area is 153 Å². The number of hydrogen-bond acceptors (Lipinski definition) is 5. The van der Waals surface area contributed by atoms with Gasteiger partial charge in [0.1, 0.15) is 11.5 Å². The van der Waals surface area contributed by atoms with Crippen LogP contribution in [-0.4, -0.2) is 49.7 Å². The lowest BCUT2D eigenvalue weighted by Crippen LogP contribution is -2.44. The van der Waals surface area contributed by atoms with E-state index >= 15 is 0 Å². The minimum atomic E-state index is -3.33. The van der Waals surface area contributed by atoms with Crippen molar-refractivity contribution in [1.82, 2.24) is 14.8 Å². The zero-order valence-corrected chi connectivity index (χ0v) is 15.8. The highest BCUT2D eigenvalue weighted by Crippen LogP contribution is 2.36. The Hall–Kier alpha value is -2.19. The molecule has 7 nitrogen and oxygen atoms in total. The number of carbonyl (C=O) groups excluding carboxylic acids is 1. The van der Waals surface area contributed by atoms with E-state index in [4.69, 9.17) is 4.52 Å². The van der Waals surface area contributed by atoms with E-state index in [0.717, 1.165) is 5.56 Å². The molecule has 1 saturated heterocycles. The van der Waals surface area contributed by atoms with E-state index < -0.39 is 15.4 Å². The third-order valence-corrected chi connectivity index (χ3v) is 6.75. The molecule has 1 fully saturated rings. The monoisotopic (exact) mass is 377 g/mol. The molecule has 1 aliphatic heterocycles. The molecule has 2 aromatic rings. The van der Waals surface area contributed by atoms with Crippen LogP contribution in [-0.2, 0) is 21.2 Å². The van der Waals surface area contributed by atoms with E-state index in [2.05, 4.69) is 10.5 Å². The fourth-order valence-electron chi connectivity index (χ4n) is 3.40. The second kappa shape index (κ2) is 7.20. The van der Waals surface area contributed by atoms with Gasteiger partial charge in [-0.05, 0) is 13.3 Å². The Morgan fingerprint density at radius 2 is 2.08 bits per heavy atom. The highest BCUT2D eigenvalue weighted by Gasteiger charge is 2.47. The van der Waals surface area contributed by atoms with Crippen LogP contribution >= 0.6 is 0 Å². The molecule has 26 heavy (non-hydrogen) atoms. The highest BCUT2D eigenvalue weighted by molar-refractivity contribution is 7.89. The molecule has 0 radical (unpaired) electrons. The quantitative estimate of drug-likeness (QED) is 0.827. The summed E-state index contributed by atoms with van der Waals surface area (Å²) in [5, 5.41) is 6.76. The van der Waals surface area contributed by atoms with Crippen LogP contribution in [0.5, 0.6) is 0 Å². The van der Waals surface area contributed by atoms with Crippen molar-refractivity contribution in [2.75, 3.05) is 25.9 Å². The molecule has 1 N–H and O–H groups in total. The maximum Gasteiger partial charge on any atom is 0.227 e. The molecular formula is C18H23N3O4S. The van der Waals surface area contributed by atoms with E-state index in [1.54, 1.807) is 14.0 Å². The number of aromatic nitrogens is 1. The number of hydrogen-bond donors (Lipinski definition) is 1. The number of carbonyl (C=O) groups is 1. The van der Waals surface area contributed by atoms with Crippen LogP contribution in [0, 0.1) is 5.41 Å². The molecule has 140 valence electrons. The Morgan fingerprint density at radius 1 is 1.35 bits per heavy atom. The van der Waals surface area contributed by atoms with Gasteiger partial charge in [-0.3, -0.25) is 4.79 Å². The van der Waals surface area contributed by atoms with Gasteiger partial charge in [0.2, 0.25) is 15.9 Å². The lowest BCUT2D eigenvalue weighted by molar-refractivity contribution is -0.129. The molecule has 8 heteroatoms. The molecule has 0 saturated carbocycles. The molecular weight excluding hydrogens is 354 g/mol. The molecule has 1 unspecified atom stereocenters. The van der Waals surface area contributed by atoms with Gasteiger partial charge >= 0.3 is 0 Å². The van der Waals surface area contributed by atoms with Crippen LogP contribution in [0.3, 0.4) is 0 Å². The largest absolute Gasteiger partial charge is 0.361 e. The Balaban J connectivity index is 1.85. The first kappa shape index (κ1) is 18.6. The second-order valence-electron chi connectivity index (χ2n) is 6.56. The smallest absolute Gasteiger partial charge is 0.227 e. The summed E-state index contributed by atoms with van der Waals surface area (Å²) in [6.45, 7) is 2.10. The van der Waals surface area contributed by atoms with Crippen molar-refractivity contribution in [2.24, 2.45) is 5.41 Å². The summed E-state index contributed by atoms with van der Waals surface area (Å²) < 4.78 is 31.2. The molecule has 2 heterocycles. The number of nitrogens with zero attached hydrogens (tertiary/aromatic N) is 2. The number of amides is 1. The molecule has 1 aromatic carbocycles. The average molecular weight is 377 g/mol. The Bertz CT molecular complexity index is 879. The summed E-state index contributed by atoms with van der Waals surface area (Å²) in [7, 11) is -1.77. The molecule has 1 aliphatic rings. The lowest BCUT2D eigenvalue weighted by atomic mass is 9.81. The summed E-state index contributed by atoms with van der Waals surface area (Å²) in [5.74, 6) is 0.421. The SMILES string of the molecule is CCS(=O)(=O)N1CCC(Cc2cc(-c3ccccc3)no2)(C(=O)NC)C1. The van der Waals surface area contributed by atoms with Gasteiger partial charge in [0.05, 0.1) is 11.2 Å². The van der Waals surface area contributed by atoms with Crippen molar-refractivity contribution < 1.29 is 17.7 Å². The van der Waals surface area contributed by atoms with Gasteiger partial charge in [0.25, 0.3) is 0 Å². The van der Waals surface area contributed by atoms with Crippen LogP contribution in [0.25, 0.3) is 11.3 Å². The van der Waals surface area contributed by atoms with Crippen molar-refractivity contribution in [1.29, 1.82) is 0 Å². The first-order valence-corrected chi connectivity index (χ1v) is 10.2. The van der Waals surface area contributed by atoms with Crippen molar-refractivity contribution in [3.63, 3.8) is 0 Å². The number of sulfonamides is 1. The third kappa shape index (κ3) is 3.52. The number of nitrogens with one attached hydrogen (secondary N) is 1. The Morgan fingerprint density at radius 3 is 2.73 bits per heavy atom. The van der Waals surface area contributed by atoms with Crippen LogP contribution in [0.1, 0.15) is 19.1 Å². The summed E-state index contributed by atoms with van der Waals surface area (Å²) in [5.41, 5.74) is 0.784. The predicted octanol–water partition coefficient (Wildman–Crippen LogP) is 1.67. The van der Waals surface area contributed by atoms with E-state index in [9.17, 15) is 13.2 Å². The minimum Gasteiger partial charge on any atom is -0.361 e. The lowest BCUT2D eigenvalue weighted by Gasteiger charge is -2.26. The van der Waals surface area contributed by atoms with Crippen molar-refractivity contribution >= 4 is 15.9 Å². The van der Waals surface area contributed by atoms with Crippen LogP contribution in [0.15, 0.2) is 40.9 Å². The molecule has 0 aliphatic carbocycles. The normalized spacial score (nSPS) is 21.0. The summed E-state index contributed by atoms with van der Waals surface area (Å²) in [6.07, 6.45) is 0.759. The fraction of sp³-hybridized carbons (Fsp3) is 0.444. The van der Waals surface area contributed by atoms with Crippen LogP contribution in [0.2, 0.25) is 0 Å². The van der Waals surface area contributed by atoms with E-state index in [1.165, 1.54) is 4.31 Å². The average Bonchev–Trinajstić information content (AvgIpc) is 3.30. The fourth-order valence-corrected chi connectivity index (χ4v) is 4.58. The van der Waals surface area contributed by atoms with Crippen LogP contribution < -0.4 is 5.32 Å². The van der Waals surface area contributed by atoms with Gasteiger partial charge in [0, 0.05) is 38.2 Å². The highest BCUT2D eigenvalue weighted by atomic mass is 32.2. The number of benzene rings is 1. The summed E-state index contributed by atoms with van der Waals surface area (Å²) in [4.78, 5) is 12.6. The maximum atomic E-state index is 12.6. The van der Waals surface area contributed by atoms with Gasteiger partial charge in [-0.25, -0.2) is 12.7 Å². The molecule has 0 bridgehead atoms. The topological polar surface area (TPSA) is 92.5 Å². The summed E-state index contributed by atoms with van der Waals surface area (Å²) >= 11 is 0. The van der Waals surface area contributed by atoms with Crippen molar-refractivity contribution in [3.05, 3.63) is 42.2 Å². The van der Waals surface area contributed by atoms with Crippen LogP contribution in [0.4, 0.5) is 0 Å². The third-order valence-electron chi connectivity index (χ3n) is 4.93. The second-order valence-corrected chi connectivity index (χ2v) is 8.82. The standard InChI is InChI=1S/C18H23N3O4S/c1-3-26(23,24)21-10-9-18(13-21,17(22)19-2)12-15-11-16(20-25-15)14-7-5-4-6-8-14/h4-8,11H,3,9-10,12-13H2,1-2H3,(H,19,22).